The van der Waals surface area contributed by atoms with Crippen LogP contribution < -0.4 is 0 Å². The number of furan rings is 1. The number of carbonyl (C=O) groups excluding carboxylic acids is 1. The molecule has 1 aliphatic rings. The Bertz CT molecular complexity index is 261. The molecule has 1 atom stereocenters. The molecule has 2 heterocycles. The molecule has 12 heavy (non-hydrogen) atoms. The topological polar surface area (TPSA) is 52.0 Å². The standard InChI is InChI=1S/C8H8O4/c9-8(7-2-1-3-10-7)12-5-6-4-11-6/h1-3,6H,4-5H2/t6-/m1/s1. The predicted octanol–water partition coefficient (Wildman–Crippen LogP) is 0.835. The van der Waals surface area contributed by atoms with Gasteiger partial charge in [-0.25, -0.2) is 4.79 Å². The molecule has 64 valence electrons. The van der Waals surface area contributed by atoms with Crippen molar-refractivity contribution in [2.45, 2.75) is 6.10 Å². The fourth-order valence-electron chi connectivity index (χ4n) is 0.799. The first-order chi connectivity index (χ1) is 5.86. The third kappa shape index (κ3) is 1.65. The molecule has 4 heteroatoms. The third-order valence-electron chi connectivity index (χ3n) is 1.53. The largest absolute Gasteiger partial charge is 0.457 e. The second-order valence-electron chi connectivity index (χ2n) is 2.53. The third-order valence-corrected chi connectivity index (χ3v) is 1.53. The number of rotatable bonds is 3. The number of epoxide rings is 1. The summed E-state index contributed by atoms with van der Waals surface area (Å²) in [6.45, 7) is 1.00. The molecule has 1 aliphatic heterocycles. The lowest BCUT2D eigenvalue weighted by molar-refractivity contribution is 0.0441. The van der Waals surface area contributed by atoms with E-state index in [1.807, 2.05) is 0 Å². The van der Waals surface area contributed by atoms with Crippen molar-refractivity contribution in [1.82, 2.24) is 0 Å². The van der Waals surface area contributed by atoms with Gasteiger partial charge in [0.05, 0.1) is 12.9 Å². The van der Waals surface area contributed by atoms with Crippen LogP contribution in [0.25, 0.3) is 0 Å². The predicted molar refractivity (Wildman–Crippen MR) is 38.7 cm³/mol. The van der Waals surface area contributed by atoms with E-state index >= 15 is 0 Å². The maximum absolute atomic E-state index is 11.1. The van der Waals surface area contributed by atoms with Gasteiger partial charge in [-0.2, -0.15) is 0 Å². The van der Waals surface area contributed by atoms with Crippen molar-refractivity contribution in [3.63, 3.8) is 0 Å². The Kier molecular flexibility index (Phi) is 1.83. The van der Waals surface area contributed by atoms with Gasteiger partial charge in [0.25, 0.3) is 0 Å². The van der Waals surface area contributed by atoms with Crippen molar-refractivity contribution in [2.24, 2.45) is 0 Å². The van der Waals surface area contributed by atoms with Crippen LogP contribution in [0.4, 0.5) is 0 Å². The Balaban J connectivity index is 1.83. The highest BCUT2D eigenvalue weighted by molar-refractivity contribution is 5.86. The van der Waals surface area contributed by atoms with Gasteiger partial charge >= 0.3 is 5.97 Å². The van der Waals surface area contributed by atoms with Crippen LogP contribution in [0.1, 0.15) is 10.6 Å². The Hall–Kier alpha value is -1.29. The summed E-state index contributed by atoms with van der Waals surface area (Å²) >= 11 is 0. The monoisotopic (exact) mass is 168 g/mol. The second kappa shape index (κ2) is 2.98. The zero-order valence-electron chi connectivity index (χ0n) is 6.36. The van der Waals surface area contributed by atoms with Crippen LogP contribution >= 0.6 is 0 Å². The first kappa shape index (κ1) is 7.36. The van der Waals surface area contributed by atoms with Crippen LogP contribution in [0.15, 0.2) is 22.8 Å². The van der Waals surface area contributed by atoms with Crippen molar-refractivity contribution in [2.75, 3.05) is 13.2 Å². The van der Waals surface area contributed by atoms with E-state index in [0.29, 0.717) is 13.2 Å². The highest BCUT2D eigenvalue weighted by Crippen LogP contribution is 2.10. The van der Waals surface area contributed by atoms with Gasteiger partial charge in [-0.05, 0) is 12.1 Å². The minimum atomic E-state index is -0.435. The van der Waals surface area contributed by atoms with Crippen molar-refractivity contribution in [3.05, 3.63) is 24.2 Å². The average Bonchev–Trinajstić information content (AvgIpc) is 2.74. The lowest BCUT2D eigenvalue weighted by Gasteiger charge is -1.97. The Morgan fingerprint density at radius 2 is 2.58 bits per heavy atom. The molecular formula is C8H8O4. The number of hydrogen-bond donors (Lipinski definition) is 0. The summed E-state index contributed by atoms with van der Waals surface area (Å²) in [5.74, 6) is -0.203. The number of carbonyl (C=O) groups is 1. The lowest BCUT2D eigenvalue weighted by atomic mass is 10.4. The van der Waals surface area contributed by atoms with Crippen molar-refractivity contribution in [3.8, 4) is 0 Å². The molecule has 0 bridgehead atoms. The molecule has 0 unspecified atom stereocenters. The fourth-order valence-corrected chi connectivity index (χ4v) is 0.799. The Morgan fingerprint density at radius 3 is 3.17 bits per heavy atom. The highest BCUT2D eigenvalue weighted by atomic mass is 16.6. The van der Waals surface area contributed by atoms with E-state index in [2.05, 4.69) is 0 Å². The normalized spacial score (nSPS) is 20.5. The smallest absolute Gasteiger partial charge is 0.374 e. The molecule has 0 amide bonds. The Morgan fingerprint density at radius 1 is 1.75 bits per heavy atom. The molecule has 1 aromatic rings. The number of ether oxygens (including phenoxy) is 2. The molecule has 2 rings (SSSR count). The molecule has 0 radical (unpaired) electrons. The minimum Gasteiger partial charge on any atom is -0.457 e. The Labute approximate surface area is 69.1 Å². The molecule has 0 aliphatic carbocycles. The SMILES string of the molecule is O=C(OC[C@H]1CO1)c1ccco1. The molecule has 0 aromatic carbocycles. The van der Waals surface area contributed by atoms with Crippen LogP contribution in [0.2, 0.25) is 0 Å². The van der Waals surface area contributed by atoms with Gasteiger partial charge < -0.3 is 13.9 Å². The molecule has 1 aromatic heterocycles. The molecule has 0 spiro atoms. The van der Waals surface area contributed by atoms with Gasteiger partial charge in [0, 0.05) is 0 Å². The molecule has 1 saturated heterocycles. The van der Waals surface area contributed by atoms with Crippen LogP contribution in [0, 0.1) is 0 Å². The van der Waals surface area contributed by atoms with Crippen LogP contribution in [-0.4, -0.2) is 25.3 Å². The van der Waals surface area contributed by atoms with Crippen LogP contribution in [0.5, 0.6) is 0 Å². The van der Waals surface area contributed by atoms with Crippen LogP contribution in [0.3, 0.4) is 0 Å². The highest BCUT2D eigenvalue weighted by Gasteiger charge is 2.24. The van der Waals surface area contributed by atoms with Crippen LogP contribution in [-0.2, 0) is 9.47 Å². The summed E-state index contributed by atoms with van der Waals surface area (Å²) in [6.07, 6.45) is 1.54. The molecule has 0 N–H and O–H groups in total. The summed E-state index contributed by atoms with van der Waals surface area (Å²) < 4.78 is 14.6. The zero-order valence-corrected chi connectivity index (χ0v) is 6.36. The van der Waals surface area contributed by atoms with Gasteiger partial charge in [-0.1, -0.05) is 0 Å². The maximum atomic E-state index is 11.1. The quantitative estimate of drug-likeness (QED) is 0.495. The van der Waals surface area contributed by atoms with Crippen molar-refractivity contribution in [1.29, 1.82) is 0 Å². The second-order valence-corrected chi connectivity index (χ2v) is 2.53. The summed E-state index contributed by atoms with van der Waals surface area (Å²) in [7, 11) is 0. The summed E-state index contributed by atoms with van der Waals surface area (Å²) in [5.41, 5.74) is 0. The van der Waals surface area contributed by atoms with Gasteiger partial charge in [-0.3, -0.25) is 0 Å². The van der Waals surface area contributed by atoms with E-state index in [4.69, 9.17) is 13.9 Å². The molecule has 0 saturated carbocycles. The van der Waals surface area contributed by atoms with E-state index < -0.39 is 5.97 Å². The van der Waals surface area contributed by atoms with E-state index in [1.165, 1.54) is 6.26 Å². The van der Waals surface area contributed by atoms with E-state index in [9.17, 15) is 4.79 Å². The fraction of sp³-hybridized carbons (Fsp3) is 0.375. The number of hydrogen-bond acceptors (Lipinski definition) is 4. The zero-order chi connectivity index (χ0) is 8.39. The van der Waals surface area contributed by atoms with Crippen molar-refractivity contribution < 1.29 is 18.7 Å². The molecule has 4 nitrogen and oxygen atoms in total. The maximum Gasteiger partial charge on any atom is 0.374 e. The summed E-state index contributed by atoms with van der Waals surface area (Å²) in [4.78, 5) is 11.1. The van der Waals surface area contributed by atoms with Crippen molar-refractivity contribution >= 4 is 5.97 Å². The lowest BCUT2D eigenvalue weighted by Crippen LogP contribution is -2.08. The molecule has 1 fully saturated rings. The van der Waals surface area contributed by atoms with Gasteiger partial charge in [-0.15, -0.1) is 0 Å². The average molecular weight is 168 g/mol. The first-order valence-corrected chi connectivity index (χ1v) is 3.68. The van der Waals surface area contributed by atoms with E-state index in [0.717, 1.165) is 0 Å². The van der Waals surface area contributed by atoms with E-state index in [1.54, 1.807) is 12.1 Å². The van der Waals surface area contributed by atoms with Gasteiger partial charge in [0.1, 0.15) is 12.7 Å². The summed E-state index contributed by atoms with van der Waals surface area (Å²) in [5, 5.41) is 0. The van der Waals surface area contributed by atoms with E-state index in [-0.39, 0.29) is 11.9 Å². The minimum absolute atomic E-state index is 0.101. The molecular weight excluding hydrogens is 160 g/mol. The first-order valence-electron chi connectivity index (χ1n) is 3.68. The van der Waals surface area contributed by atoms with Gasteiger partial charge in [0.15, 0.2) is 0 Å². The van der Waals surface area contributed by atoms with Gasteiger partial charge in [0.2, 0.25) is 5.76 Å². The summed E-state index contributed by atoms with van der Waals surface area (Å²) in [6, 6.07) is 3.21. The number of esters is 1.